The van der Waals surface area contributed by atoms with E-state index in [-0.39, 0.29) is 11.9 Å². The number of hydrogen-bond donors (Lipinski definition) is 2. The van der Waals surface area contributed by atoms with Crippen LogP contribution >= 0.6 is 0 Å². The van der Waals surface area contributed by atoms with E-state index in [1.807, 2.05) is 6.92 Å². The zero-order chi connectivity index (χ0) is 12.0. The summed E-state index contributed by atoms with van der Waals surface area (Å²) in [6, 6.07) is -0.323. The summed E-state index contributed by atoms with van der Waals surface area (Å²) in [4.78, 5) is 13.9. The van der Waals surface area contributed by atoms with Gasteiger partial charge in [0.25, 0.3) is 0 Å². The molecule has 1 rings (SSSR count). The summed E-state index contributed by atoms with van der Waals surface area (Å²) in [5.74, 6) is 0.648. The average molecular weight is 227 g/mol. The van der Waals surface area contributed by atoms with Crippen LogP contribution in [0, 0.1) is 5.92 Å². The highest BCUT2D eigenvalue weighted by atomic mass is 16.2. The molecule has 4 heteroatoms. The maximum absolute atomic E-state index is 11.6. The van der Waals surface area contributed by atoms with Crippen molar-refractivity contribution in [3.8, 4) is 0 Å². The number of hydrogen-bond acceptors (Lipinski definition) is 3. The second-order valence-corrected chi connectivity index (χ2v) is 4.89. The summed E-state index contributed by atoms with van der Waals surface area (Å²) in [7, 11) is 2.14. The number of nitrogens with two attached hydrogens (primary N) is 1. The molecule has 1 heterocycles. The molecule has 1 aliphatic heterocycles. The van der Waals surface area contributed by atoms with E-state index in [1.165, 1.54) is 12.8 Å². The first kappa shape index (κ1) is 13.5. The molecule has 0 aromatic heterocycles. The van der Waals surface area contributed by atoms with E-state index in [4.69, 9.17) is 5.73 Å². The van der Waals surface area contributed by atoms with Gasteiger partial charge in [0.1, 0.15) is 0 Å². The summed E-state index contributed by atoms with van der Waals surface area (Å²) in [6.07, 6.45) is 4.10. The summed E-state index contributed by atoms with van der Waals surface area (Å²) < 4.78 is 0. The normalized spacial score (nSPS) is 20.7. The minimum Gasteiger partial charge on any atom is -0.354 e. The second-order valence-electron chi connectivity index (χ2n) is 4.89. The Hall–Kier alpha value is -0.610. The fourth-order valence-electron chi connectivity index (χ4n) is 2.08. The number of amides is 1. The van der Waals surface area contributed by atoms with Crippen LogP contribution in [-0.2, 0) is 4.79 Å². The molecule has 94 valence electrons. The third-order valence-electron chi connectivity index (χ3n) is 3.34. The minimum absolute atomic E-state index is 0.0146. The van der Waals surface area contributed by atoms with E-state index < -0.39 is 0 Å². The molecule has 16 heavy (non-hydrogen) atoms. The van der Waals surface area contributed by atoms with Gasteiger partial charge in [0.05, 0.1) is 6.04 Å². The van der Waals surface area contributed by atoms with Crippen LogP contribution in [0.25, 0.3) is 0 Å². The predicted octanol–water partition coefficient (Wildman–Crippen LogP) is 0.572. The number of nitrogens with one attached hydrogen (secondary N) is 1. The fourth-order valence-corrected chi connectivity index (χ4v) is 2.08. The van der Waals surface area contributed by atoms with Crippen molar-refractivity contribution in [1.82, 2.24) is 10.2 Å². The van der Waals surface area contributed by atoms with Crippen molar-refractivity contribution in [3.05, 3.63) is 0 Å². The topological polar surface area (TPSA) is 58.4 Å². The van der Waals surface area contributed by atoms with Crippen LogP contribution in [0.4, 0.5) is 0 Å². The van der Waals surface area contributed by atoms with E-state index in [9.17, 15) is 4.79 Å². The van der Waals surface area contributed by atoms with E-state index in [1.54, 1.807) is 0 Å². The lowest BCUT2D eigenvalue weighted by Gasteiger charge is -2.29. The van der Waals surface area contributed by atoms with Crippen LogP contribution in [0.1, 0.15) is 32.6 Å². The Morgan fingerprint density at radius 2 is 2.12 bits per heavy atom. The molecule has 0 bridgehead atoms. The number of carbonyl (C=O) groups is 1. The Bertz CT molecular complexity index is 212. The van der Waals surface area contributed by atoms with Crippen molar-refractivity contribution in [2.75, 3.05) is 26.7 Å². The standard InChI is InChI=1S/C12H25N3O/c1-3-4-11(13)12(16)14-9-10-5-7-15(2)8-6-10/h10-11H,3-9,13H2,1-2H3,(H,14,16)/t11-/m0/s1. The highest BCUT2D eigenvalue weighted by molar-refractivity contribution is 5.81. The SMILES string of the molecule is CCC[C@H](N)C(=O)NCC1CCN(C)CC1. The van der Waals surface area contributed by atoms with Gasteiger partial charge in [0.2, 0.25) is 5.91 Å². The molecule has 0 aromatic rings. The molecule has 3 N–H and O–H groups in total. The largest absolute Gasteiger partial charge is 0.354 e. The molecule has 0 aromatic carbocycles. The maximum Gasteiger partial charge on any atom is 0.236 e. The Balaban J connectivity index is 2.16. The first-order valence-corrected chi connectivity index (χ1v) is 6.35. The lowest BCUT2D eigenvalue weighted by Crippen LogP contribution is -2.43. The van der Waals surface area contributed by atoms with Gasteiger partial charge < -0.3 is 16.0 Å². The number of rotatable bonds is 5. The van der Waals surface area contributed by atoms with Crippen LogP contribution in [0.5, 0.6) is 0 Å². The lowest BCUT2D eigenvalue weighted by molar-refractivity contribution is -0.122. The highest BCUT2D eigenvalue weighted by Gasteiger charge is 2.18. The van der Waals surface area contributed by atoms with Crippen molar-refractivity contribution < 1.29 is 4.79 Å². The van der Waals surface area contributed by atoms with Crippen LogP contribution in [0.15, 0.2) is 0 Å². The fraction of sp³-hybridized carbons (Fsp3) is 0.917. The Labute approximate surface area is 98.6 Å². The maximum atomic E-state index is 11.6. The van der Waals surface area contributed by atoms with Crippen molar-refractivity contribution in [3.63, 3.8) is 0 Å². The number of piperidine rings is 1. The Kier molecular flexibility index (Phi) is 5.77. The summed E-state index contributed by atoms with van der Waals surface area (Å²) in [5.41, 5.74) is 5.75. The number of nitrogens with zero attached hydrogens (tertiary/aromatic N) is 1. The lowest BCUT2D eigenvalue weighted by atomic mass is 9.97. The summed E-state index contributed by atoms with van der Waals surface area (Å²) >= 11 is 0. The second kappa shape index (κ2) is 6.86. The van der Waals surface area contributed by atoms with Gasteiger partial charge >= 0.3 is 0 Å². The average Bonchev–Trinajstić information content (AvgIpc) is 2.28. The van der Waals surface area contributed by atoms with Crippen LogP contribution < -0.4 is 11.1 Å². The minimum atomic E-state index is -0.323. The van der Waals surface area contributed by atoms with Crippen molar-refractivity contribution in [2.24, 2.45) is 11.7 Å². The quantitative estimate of drug-likeness (QED) is 0.722. The van der Waals surface area contributed by atoms with Crippen molar-refractivity contribution >= 4 is 5.91 Å². The zero-order valence-corrected chi connectivity index (χ0v) is 10.5. The van der Waals surface area contributed by atoms with Gasteiger partial charge in [0, 0.05) is 6.54 Å². The van der Waals surface area contributed by atoms with E-state index >= 15 is 0 Å². The summed E-state index contributed by atoms with van der Waals surface area (Å²) in [6.45, 7) is 5.12. The van der Waals surface area contributed by atoms with Gasteiger partial charge in [-0.05, 0) is 45.3 Å². The molecule has 0 saturated carbocycles. The molecule has 1 atom stereocenters. The Morgan fingerprint density at radius 1 is 1.50 bits per heavy atom. The number of carbonyl (C=O) groups excluding carboxylic acids is 1. The molecule has 1 saturated heterocycles. The monoisotopic (exact) mass is 227 g/mol. The van der Waals surface area contributed by atoms with E-state index in [2.05, 4.69) is 17.3 Å². The van der Waals surface area contributed by atoms with E-state index in [0.717, 1.165) is 32.5 Å². The van der Waals surface area contributed by atoms with Crippen molar-refractivity contribution in [1.29, 1.82) is 0 Å². The molecule has 0 spiro atoms. The van der Waals surface area contributed by atoms with Gasteiger partial charge in [-0.25, -0.2) is 0 Å². The smallest absolute Gasteiger partial charge is 0.236 e. The molecule has 0 radical (unpaired) electrons. The molecular weight excluding hydrogens is 202 g/mol. The molecule has 4 nitrogen and oxygen atoms in total. The van der Waals surface area contributed by atoms with Gasteiger partial charge in [-0.15, -0.1) is 0 Å². The molecular formula is C12H25N3O. The number of likely N-dealkylation sites (tertiary alicyclic amines) is 1. The van der Waals surface area contributed by atoms with Gasteiger partial charge in [0.15, 0.2) is 0 Å². The molecule has 0 unspecified atom stereocenters. The van der Waals surface area contributed by atoms with Crippen LogP contribution in [-0.4, -0.2) is 43.5 Å². The molecule has 1 fully saturated rings. The van der Waals surface area contributed by atoms with Crippen molar-refractivity contribution in [2.45, 2.75) is 38.6 Å². The Morgan fingerprint density at radius 3 is 2.69 bits per heavy atom. The first-order valence-electron chi connectivity index (χ1n) is 6.35. The zero-order valence-electron chi connectivity index (χ0n) is 10.5. The summed E-state index contributed by atoms with van der Waals surface area (Å²) in [5, 5.41) is 2.97. The third kappa shape index (κ3) is 4.49. The van der Waals surface area contributed by atoms with Gasteiger partial charge in [-0.3, -0.25) is 4.79 Å². The van der Waals surface area contributed by atoms with Gasteiger partial charge in [-0.2, -0.15) is 0 Å². The van der Waals surface area contributed by atoms with Gasteiger partial charge in [-0.1, -0.05) is 13.3 Å². The third-order valence-corrected chi connectivity index (χ3v) is 3.34. The molecule has 0 aliphatic carbocycles. The van der Waals surface area contributed by atoms with E-state index in [0.29, 0.717) is 5.92 Å². The predicted molar refractivity (Wildman–Crippen MR) is 66.1 cm³/mol. The van der Waals surface area contributed by atoms with Crippen LogP contribution in [0.2, 0.25) is 0 Å². The molecule has 1 amide bonds. The molecule has 1 aliphatic rings. The van der Waals surface area contributed by atoms with Crippen LogP contribution in [0.3, 0.4) is 0 Å². The first-order chi connectivity index (χ1) is 7.63. The highest BCUT2D eigenvalue weighted by Crippen LogP contribution is 2.14.